The molecule has 0 saturated carbocycles. The number of halogens is 7. The van der Waals surface area contributed by atoms with Gasteiger partial charge in [-0.1, -0.05) is 0 Å². The van der Waals surface area contributed by atoms with E-state index in [-0.39, 0.29) is 11.6 Å². The molecule has 1 amide bonds. The summed E-state index contributed by atoms with van der Waals surface area (Å²) in [5.41, 5.74) is -3.63. The van der Waals surface area contributed by atoms with Crippen molar-refractivity contribution in [1.29, 1.82) is 0 Å². The fraction of sp³-hybridized carbons (Fsp3) is 0.188. The maximum absolute atomic E-state index is 12.8. The Labute approximate surface area is 152 Å². The number of rotatable bonds is 3. The van der Waals surface area contributed by atoms with Crippen LogP contribution in [0.5, 0.6) is 5.75 Å². The summed E-state index contributed by atoms with van der Waals surface area (Å²) in [7, 11) is 1.39. The second kappa shape index (κ2) is 7.18. The largest absolute Gasteiger partial charge is 0.496 e. The van der Waals surface area contributed by atoms with Crippen LogP contribution in [0.4, 0.5) is 32.0 Å². The van der Waals surface area contributed by atoms with Crippen LogP contribution in [0.15, 0.2) is 40.9 Å². The van der Waals surface area contributed by atoms with Crippen molar-refractivity contribution < 1.29 is 35.9 Å². The topological polar surface area (TPSA) is 38.3 Å². The lowest BCUT2D eigenvalue weighted by Gasteiger charge is -2.15. The molecule has 0 bridgehead atoms. The quantitative estimate of drug-likeness (QED) is 0.616. The number of anilines is 1. The molecule has 2 rings (SSSR count). The monoisotopic (exact) mass is 441 g/mol. The van der Waals surface area contributed by atoms with Crippen molar-refractivity contribution in [2.75, 3.05) is 12.4 Å². The zero-order chi connectivity index (χ0) is 19.7. The molecule has 0 radical (unpaired) electrons. The van der Waals surface area contributed by atoms with Gasteiger partial charge in [0.1, 0.15) is 5.75 Å². The molecule has 140 valence electrons. The Morgan fingerprint density at radius 3 is 1.92 bits per heavy atom. The molecule has 2 aromatic rings. The van der Waals surface area contributed by atoms with Crippen molar-refractivity contribution >= 4 is 27.5 Å². The van der Waals surface area contributed by atoms with Gasteiger partial charge in [-0.2, -0.15) is 26.3 Å². The van der Waals surface area contributed by atoms with E-state index in [1.807, 2.05) is 5.32 Å². The number of hydrogen-bond acceptors (Lipinski definition) is 2. The second-order valence-corrected chi connectivity index (χ2v) is 5.95. The number of carbonyl (C=O) groups excluding carboxylic acids is 1. The summed E-state index contributed by atoms with van der Waals surface area (Å²) in [5.74, 6) is -0.472. The van der Waals surface area contributed by atoms with Gasteiger partial charge in [-0.3, -0.25) is 4.79 Å². The molecular formula is C16H10BrF6NO2. The first-order valence-electron chi connectivity index (χ1n) is 6.86. The Kier molecular flexibility index (Phi) is 5.55. The molecule has 0 aliphatic rings. The van der Waals surface area contributed by atoms with Crippen LogP contribution in [0.25, 0.3) is 0 Å². The van der Waals surface area contributed by atoms with E-state index in [4.69, 9.17) is 4.74 Å². The van der Waals surface area contributed by atoms with Gasteiger partial charge in [-0.05, 0) is 52.3 Å². The minimum Gasteiger partial charge on any atom is -0.496 e. The molecule has 0 atom stereocenters. The summed E-state index contributed by atoms with van der Waals surface area (Å²) < 4.78 is 82.4. The van der Waals surface area contributed by atoms with E-state index in [1.54, 1.807) is 0 Å². The molecule has 0 aliphatic carbocycles. The van der Waals surface area contributed by atoms with Gasteiger partial charge in [0.05, 0.1) is 22.7 Å². The van der Waals surface area contributed by atoms with Crippen LogP contribution in [0.1, 0.15) is 21.5 Å². The van der Waals surface area contributed by atoms with Gasteiger partial charge in [-0.15, -0.1) is 0 Å². The third-order valence-corrected chi connectivity index (χ3v) is 3.88. The summed E-state index contributed by atoms with van der Waals surface area (Å²) in [6, 6.07) is 4.92. The smallest absolute Gasteiger partial charge is 0.416 e. The van der Waals surface area contributed by atoms with Crippen LogP contribution in [0.2, 0.25) is 0 Å². The molecular weight excluding hydrogens is 432 g/mol. The Hall–Kier alpha value is -2.23. The van der Waals surface area contributed by atoms with Gasteiger partial charge in [0.2, 0.25) is 0 Å². The zero-order valence-electron chi connectivity index (χ0n) is 12.9. The molecule has 0 unspecified atom stereocenters. The normalized spacial score (nSPS) is 12.0. The van der Waals surface area contributed by atoms with Gasteiger partial charge < -0.3 is 10.1 Å². The number of nitrogens with one attached hydrogen (secondary N) is 1. The van der Waals surface area contributed by atoms with E-state index in [2.05, 4.69) is 15.9 Å². The molecule has 0 aliphatic heterocycles. The molecule has 0 aromatic heterocycles. The van der Waals surface area contributed by atoms with Crippen LogP contribution in [-0.4, -0.2) is 13.0 Å². The van der Waals surface area contributed by atoms with E-state index in [0.29, 0.717) is 22.4 Å². The predicted octanol–water partition coefficient (Wildman–Crippen LogP) is 5.75. The second-order valence-electron chi connectivity index (χ2n) is 5.10. The lowest BCUT2D eigenvalue weighted by Crippen LogP contribution is -2.16. The van der Waals surface area contributed by atoms with Crippen molar-refractivity contribution in [3.05, 3.63) is 57.6 Å². The molecule has 0 fully saturated rings. The molecule has 0 heterocycles. The third-order valence-electron chi connectivity index (χ3n) is 3.26. The van der Waals surface area contributed by atoms with E-state index >= 15 is 0 Å². The van der Waals surface area contributed by atoms with Crippen LogP contribution in [-0.2, 0) is 12.4 Å². The van der Waals surface area contributed by atoms with E-state index in [0.717, 1.165) is 0 Å². The Morgan fingerprint density at radius 2 is 1.50 bits per heavy atom. The first kappa shape index (κ1) is 20.1. The van der Waals surface area contributed by atoms with E-state index in [9.17, 15) is 31.1 Å². The zero-order valence-corrected chi connectivity index (χ0v) is 14.5. The molecule has 1 N–H and O–H groups in total. The highest BCUT2D eigenvalue weighted by molar-refractivity contribution is 9.10. The average Bonchev–Trinajstić information content (AvgIpc) is 2.52. The van der Waals surface area contributed by atoms with Crippen molar-refractivity contribution in [3.63, 3.8) is 0 Å². The summed E-state index contributed by atoms with van der Waals surface area (Å²) in [6.45, 7) is 0. The molecule has 3 nitrogen and oxygen atoms in total. The predicted molar refractivity (Wildman–Crippen MR) is 85.1 cm³/mol. The van der Waals surface area contributed by atoms with Crippen molar-refractivity contribution in [3.8, 4) is 5.75 Å². The van der Waals surface area contributed by atoms with Gasteiger partial charge in [0, 0.05) is 11.3 Å². The fourth-order valence-corrected chi connectivity index (χ4v) is 2.58. The first-order chi connectivity index (χ1) is 11.9. The van der Waals surface area contributed by atoms with Crippen LogP contribution in [0, 0.1) is 0 Å². The highest BCUT2D eigenvalue weighted by atomic mass is 79.9. The third kappa shape index (κ3) is 4.69. The first-order valence-corrected chi connectivity index (χ1v) is 7.65. The number of benzene rings is 2. The maximum atomic E-state index is 12.8. The fourth-order valence-electron chi connectivity index (χ4n) is 2.04. The Bertz CT molecular complexity index is 800. The standard InChI is InChI=1S/C16H10BrF6NO2/c1-26-13-3-2-8(4-12(13)17)14(25)24-11-6-9(15(18,19)20)5-10(7-11)16(21,22)23/h2-7H,1H3,(H,24,25). The summed E-state index contributed by atoms with van der Waals surface area (Å²) in [5, 5.41) is 2.05. The van der Waals surface area contributed by atoms with Gasteiger partial charge >= 0.3 is 12.4 Å². The number of alkyl halides is 6. The highest BCUT2D eigenvalue weighted by Gasteiger charge is 2.37. The number of hydrogen-bond donors (Lipinski definition) is 1. The van der Waals surface area contributed by atoms with Crippen molar-refractivity contribution in [2.45, 2.75) is 12.4 Å². The lowest BCUT2D eigenvalue weighted by molar-refractivity contribution is -0.143. The van der Waals surface area contributed by atoms with Gasteiger partial charge in [-0.25, -0.2) is 0 Å². The number of carbonyl (C=O) groups is 1. The molecule has 10 heteroatoms. The summed E-state index contributed by atoms with van der Waals surface area (Å²) in [4.78, 5) is 12.2. The minimum absolute atomic E-state index is 0.0143. The number of methoxy groups -OCH3 is 1. The van der Waals surface area contributed by atoms with Crippen molar-refractivity contribution in [2.24, 2.45) is 0 Å². The lowest BCUT2D eigenvalue weighted by atomic mass is 10.1. The molecule has 0 saturated heterocycles. The minimum atomic E-state index is -5.00. The van der Waals surface area contributed by atoms with Crippen molar-refractivity contribution in [1.82, 2.24) is 0 Å². The van der Waals surface area contributed by atoms with Crippen LogP contribution >= 0.6 is 15.9 Å². The molecule has 26 heavy (non-hydrogen) atoms. The van der Waals surface area contributed by atoms with Crippen LogP contribution < -0.4 is 10.1 Å². The molecule has 0 spiro atoms. The summed E-state index contributed by atoms with van der Waals surface area (Å²) >= 11 is 3.13. The van der Waals surface area contributed by atoms with E-state index < -0.39 is 35.1 Å². The Morgan fingerprint density at radius 1 is 0.962 bits per heavy atom. The number of ether oxygens (including phenoxy) is 1. The maximum Gasteiger partial charge on any atom is 0.416 e. The average molecular weight is 442 g/mol. The van der Waals surface area contributed by atoms with Gasteiger partial charge in [0.25, 0.3) is 5.91 Å². The van der Waals surface area contributed by atoms with Gasteiger partial charge in [0.15, 0.2) is 0 Å². The van der Waals surface area contributed by atoms with E-state index in [1.165, 1.54) is 25.3 Å². The SMILES string of the molecule is COc1ccc(C(=O)Nc2cc(C(F)(F)F)cc(C(F)(F)F)c2)cc1Br. The molecule has 2 aromatic carbocycles. The Balaban J connectivity index is 2.39. The summed E-state index contributed by atoms with van der Waals surface area (Å²) in [6.07, 6.45) is -9.99. The van der Waals surface area contributed by atoms with Crippen LogP contribution in [0.3, 0.4) is 0 Å². The highest BCUT2D eigenvalue weighted by Crippen LogP contribution is 2.37. The number of amides is 1.